The van der Waals surface area contributed by atoms with E-state index in [1.54, 1.807) is 0 Å². The van der Waals surface area contributed by atoms with Crippen molar-refractivity contribution < 1.29 is 4.39 Å². The molecule has 0 aliphatic rings. The first-order valence-electron chi connectivity index (χ1n) is 5.13. The Morgan fingerprint density at radius 1 is 1.06 bits per heavy atom. The van der Waals surface area contributed by atoms with Crippen LogP contribution in [0.3, 0.4) is 0 Å². The van der Waals surface area contributed by atoms with E-state index in [4.69, 9.17) is 0 Å². The van der Waals surface area contributed by atoms with Gasteiger partial charge in [0, 0.05) is 5.33 Å². The van der Waals surface area contributed by atoms with Crippen molar-refractivity contribution in [3.05, 3.63) is 59.4 Å². The van der Waals surface area contributed by atoms with E-state index in [1.165, 1.54) is 23.3 Å². The van der Waals surface area contributed by atoms with E-state index in [0.29, 0.717) is 0 Å². The van der Waals surface area contributed by atoms with Gasteiger partial charge in [-0.15, -0.1) is 0 Å². The summed E-state index contributed by atoms with van der Waals surface area (Å²) in [6.45, 7) is 2.09. The van der Waals surface area contributed by atoms with Crippen LogP contribution in [-0.4, -0.2) is 0 Å². The van der Waals surface area contributed by atoms with Gasteiger partial charge in [0.15, 0.2) is 0 Å². The summed E-state index contributed by atoms with van der Waals surface area (Å²) < 4.78 is 12.8. The van der Waals surface area contributed by atoms with Crippen molar-refractivity contribution in [2.45, 2.75) is 12.3 Å². The number of benzene rings is 2. The van der Waals surface area contributed by atoms with Gasteiger partial charge in [-0.1, -0.05) is 46.3 Å². The molecule has 2 aromatic rings. The van der Waals surface area contributed by atoms with Crippen molar-refractivity contribution in [1.82, 2.24) is 0 Å². The van der Waals surface area contributed by atoms with Crippen molar-refractivity contribution in [1.29, 1.82) is 0 Å². The first-order chi connectivity index (χ1) is 7.72. The average Bonchev–Trinajstić information content (AvgIpc) is 2.31. The maximum atomic E-state index is 12.8. The Morgan fingerprint density at radius 3 is 2.38 bits per heavy atom. The van der Waals surface area contributed by atoms with Gasteiger partial charge in [-0.3, -0.25) is 0 Å². The summed E-state index contributed by atoms with van der Waals surface area (Å²) >= 11 is 3.47. The summed E-state index contributed by atoms with van der Waals surface area (Å²) in [4.78, 5) is 0. The molecule has 16 heavy (non-hydrogen) atoms. The fourth-order valence-corrected chi connectivity index (χ4v) is 2.38. The van der Waals surface area contributed by atoms with Gasteiger partial charge in [0.25, 0.3) is 0 Å². The fourth-order valence-electron chi connectivity index (χ4n) is 1.77. The second kappa shape index (κ2) is 4.79. The number of hydrogen-bond acceptors (Lipinski definition) is 0. The maximum Gasteiger partial charge on any atom is 0.123 e. The van der Waals surface area contributed by atoms with Crippen LogP contribution in [0.5, 0.6) is 0 Å². The standard InChI is InChI=1S/C14H12BrF/c1-10-12(9-15)3-2-4-14(10)11-5-7-13(16)8-6-11/h2-8H,9H2,1H3. The largest absolute Gasteiger partial charge is 0.207 e. The Hall–Kier alpha value is -1.15. The molecule has 0 unspecified atom stereocenters. The predicted molar refractivity (Wildman–Crippen MR) is 69.2 cm³/mol. The van der Waals surface area contributed by atoms with Gasteiger partial charge in [-0.2, -0.15) is 0 Å². The summed E-state index contributed by atoms with van der Waals surface area (Å²) in [5, 5.41) is 0.841. The normalized spacial score (nSPS) is 10.4. The average molecular weight is 279 g/mol. The van der Waals surface area contributed by atoms with Gasteiger partial charge >= 0.3 is 0 Å². The molecule has 0 nitrogen and oxygen atoms in total. The highest BCUT2D eigenvalue weighted by Gasteiger charge is 2.05. The molecule has 0 spiro atoms. The molecule has 0 heterocycles. The molecular weight excluding hydrogens is 267 g/mol. The Labute approximate surface area is 103 Å². The molecule has 0 bridgehead atoms. The van der Waals surface area contributed by atoms with E-state index in [9.17, 15) is 4.39 Å². The lowest BCUT2D eigenvalue weighted by molar-refractivity contribution is 0.628. The lowest BCUT2D eigenvalue weighted by Gasteiger charge is -2.09. The molecule has 0 aliphatic heterocycles. The van der Waals surface area contributed by atoms with Crippen LogP contribution in [0, 0.1) is 12.7 Å². The number of alkyl halides is 1. The van der Waals surface area contributed by atoms with E-state index in [0.717, 1.165) is 16.5 Å². The second-order valence-electron chi connectivity index (χ2n) is 3.73. The molecule has 0 saturated heterocycles. The molecular formula is C14H12BrF. The fraction of sp³-hybridized carbons (Fsp3) is 0.143. The minimum atomic E-state index is -0.196. The van der Waals surface area contributed by atoms with Crippen LogP contribution in [0.25, 0.3) is 11.1 Å². The van der Waals surface area contributed by atoms with Crippen LogP contribution in [0.15, 0.2) is 42.5 Å². The molecule has 0 fully saturated rings. The summed E-state index contributed by atoms with van der Waals surface area (Å²) in [6.07, 6.45) is 0. The van der Waals surface area contributed by atoms with Crippen LogP contribution in [-0.2, 0) is 5.33 Å². The third-order valence-electron chi connectivity index (χ3n) is 2.75. The number of hydrogen-bond donors (Lipinski definition) is 0. The summed E-state index contributed by atoms with van der Waals surface area (Å²) in [7, 11) is 0. The highest BCUT2D eigenvalue weighted by Crippen LogP contribution is 2.26. The molecule has 0 atom stereocenters. The summed E-state index contributed by atoms with van der Waals surface area (Å²) in [6, 6.07) is 12.8. The zero-order valence-corrected chi connectivity index (χ0v) is 10.6. The molecule has 2 aromatic carbocycles. The molecule has 2 heteroatoms. The zero-order valence-electron chi connectivity index (χ0n) is 9.00. The van der Waals surface area contributed by atoms with Crippen LogP contribution in [0.4, 0.5) is 4.39 Å². The lowest BCUT2D eigenvalue weighted by atomic mass is 9.97. The second-order valence-corrected chi connectivity index (χ2v) is 4.29. The summed E-state index contributed by atoms with van der Waals surface area (Å²) in [5.41, 5.74) is 4.73. The minimum Gasteiger partial charge on any atom is -0.207 e. The van der Waals surface area contributed by atoms with Gasteiger partial charge in [-0.05, 0) is 41.3 Å². The van der Waals surface area contributed by atoms with Crippen molar-refractivity contribution in [2.75, 3.05) is 0 Å². The molecule has 0 saturated carbocycles. The molecule has 0 amide bonds. The van der Waals surface area contributed by atoms with E-state index in [2.05, 4.69) is 35.0 Å². The van der Waals surface area contributed by atoms with Crippen molar-refractivity contribution in [2.24, 2.45) is 0 Å². The highest BCUT2D eigenvalue weighted by molar-refractivity contribution is 9.08. The zero-order chi connectivity index (χ0) is 11.5. The number of rotatable bonds is 2. The molecule has 0 N–H and O–H groups in total. The predicted octanol–water partition coefficient (Wildman–Crippen LogP) is 4.70. The lowest BCUT2D eigenvalue weighted by Crippen LogP contribution is -1.89. The molecule has 0 aliphatic carbocycles. The smallest absolute Gasteiger partial charge is 0.123 e. The molecule has 82 valence electrons. The summed E-state index contributed by atoms with van der Waals surface area (Å²) in [5.74, 6) is -0.196. The third-order valence-corrected chi connectivity index (χ3v) is 3.35. The maximum absolute atomic E-state index is 12.8. The first kappa shape index (κ1) is 11.3. The number of halogens is 2. The van der Waals surface area contributed by atoms with E-state index >= 15 is 0 Å². The van der Waals surface area contributed by atoms with Gasteiger partial charge in [0.2, 0.25) is 0 Å². The topological polar surface area (TPSA) is 0 Å². The SMILES string of the molecule is Cc1c(CBr)cccc1-c1ccc(F)cc1. The van der Waals surface area contributed by atoms with Crippen LogP contribution in [0.1, 0.15) is 11.1 Å². The van der Waals surface area contributed by atoms with Crippen molar-refractivity contribution in [3.8, 4) is 11.1 Å². The molecule has 2 rings (SSSR count). The van der Waals surface area contributed by atoms with Crippen LogP contribution >= 0.6 is 15.9 Å². The monoisotopic (exact) mass is 278 g/mol. The third kappa shape index (κ3) is 2.17. The molecule has 0 aromatic heterocycles. The Bertz CT molecular complexity index is 489. The Morgan fingerprint density at radius 2 is 1.75 bits per heavy atom. The van der Waals surface area contributed by atoms with Crippen LogP contribution in [0.2, 0.25) is 0 Å². The Balaban J connectivity index is 2.51. The first-order valence-corrected chi connectivity index (χ1v) is 6.25. The van der Waals surface area contributed by atoms with Gasteiger partial charge < -0.3 is 0 Å². The van der Waals surface area contributed by atoms with Gasteiger partial charge in [-0.25, -0.2) is 4.39 Å². The molecule has 0 radical (unpaired) electrons. The van der Waals surface area contributed by atoms with E-state index in [1.807, 2.05) is 18.2 Å². The quantitative estimate of drug-likeness (QED) is 0.699. The van der Waals surface area contributed by atoms with E-state index < -0.39 is 0 Å². The van der Waals surface area contributed by atoms with Gasteiger partial charge in [0.1, 0.15) is 5.82 Å². The van der Waals surface area contributed by atoms with Crippen LogP contribution < -0.4 is 0 Å². The minimum absolute atomic E-state index is 0.196. The Kier molecular flexibility index (Phi) is 3.39. The highest BCUT2D eigenvalue weighted by atomic mass is 79.9. The van der Waals surface area contributed by atoms with Crippen molar-refractivity contribution >= 4 is 15.9 Å². The van der Waals surface area contributed by atoms with Crippen molar-refractivity contribution in [3.63, 3.8) is 0 Å². The van der Waals surface area contributed by atoms with E-state index in [-0.39, 0.29) is 5.82 Å². The van der Waals surface area contributed by atoms with Gasteiger partial charge in [0.05, 0.1) is 0 Å².